The Morgan fingerprint density at radius 2 is 1.60 bits per heavy atom. The number of nitrogens with zero attached hydrogens (tertiary/aromatic N) is 3. The lowest BCUT2D eigenvalue weighted by Gasteiger charge is -2.38. The molecule has 1 aliphatic heterocycles. The number of nitrogens with one attached hydrogen (secondary N) is 4. The minimum atomic E-state index is -3.28. The molecule has 1 aliphatic rings. The Hall–Kier alpha value is -3.11. The van der Waals surface area contributed by atoms with Gasteiger partial charge >= 0.3 is 6.03 Å². The van der Waals surface area contributed by atoms with E-state index in [1.807, 2.05) is 63.7 Å². The molecule has 2 unspecified atom stereocenters. The van der Waals surface area contributed by atoms with Gasteiger partial charge in [0.15, 0.2) is 6.26 Å². The van der Waals surface area contributed by atoms with Gasteiger partial charge in [-0.05, 0) is 51.8 Å². The summed E-state index contributed by atoms with van der Waals surface area (Å²) in [6.07, 6.45) is 2.20. The number of hydrogen-bond donors (Lipinski definition) is 5. The van der Waals surface area contributed by atoms with Crippen LogP contribution < -0.4 is 21.3 Å². The summed E-state index contributed by atoms with van der Waals surface area (Å²) in [6, 6.07) is -1.18. The van der Waals surface area contributed by atoms with E-state index in [9.17, 15) is 36.7 Å². The lowest BCUT2D eigenvalue weighted by molar-refractivity contribution is -0.144. The number of alkyl halides is 2. The van der Waals surface area contributed by atoms with Crippen LogP contribution in [0.15, 0.2) is 24.5 Å². The molecule has 16 heteroatoms. The SMILES string of the molecule is CC(C)C1CCN(C(=O)[C@@H](NC(=O)N[C@H](CN(C)[S+](C)(=O)O)C(C)(C)C)C(C)(C)C)[C@@H]1C(=O)N[C@@H](CC(F)F)C(=O)NCCCn1cccc1. The van der Waals surface area contributed by atoms with E-state index in [-0.39, 0.29) is 31.5 Å². The molecule has 2 rings (SSSR count). The van der Waals surface area contributed by atoms with Crippen LogP contribution in [0.2, 0.25) is 0 Å². The third kappa shape index (κ3) is 12.9. The van der Waals surface area contributed by atoms with E-state index >= 15 is 0 Å². The highest BCUT2D eigenvalue weighted by Gasteiger charge is 2.48. The van der Waals surface area contributed by atoms with Gasteiger partial charge in [0.05, 0.1) is 12.6 Å². The van der Waals surface area contributed by atoms with Crippen molar-refractivity contribution in [3.05, 3.63) is 24.5 Å². The van der Waals surface area contributed by atoms with Gasteiger partial charge in [-0.3, -0.25) is 14.4 Å². The molecule has 1 fully saturated rings. The van der Waals surface area contributed by atoms with Crippen LogP contribution in [0.25, 0.3) is 0 Å². The first-order valence-corrected chi connectivity index (χ1v) is 19.1. The maximum absolute atomic E-state index is 14.3. The van der Waals surface area contributed by atoms with E-state index in [0.29, 0.717) is 19.4 Å². The number of amides is 5. The fraction of sp³-hybridized carbons (Fsp3) is 0.765. The topological polar surface area (TPSA) is 165 Å². The molecule has 0 aliphatic carbocycles. The summed E-state index contributed by atoms with van der Waals surface area (Å²) in [5, 5.41) is 10.8. The van der Waals surface area contributed by atoms with Gasteiger partial charge in [-0.25, -0.2) is 13.6 Å². The van der Waals surface area contributed by atoms with Crippen LogP contribution in [0, 0.1) is 22.7 Å². The Kier molecular flexibility index (Phi) is 15.4. The molecule has 5 N–H and O–H groups in total. The van der Waals surface area contributed by atoms with Gasteiger partial charge in [-0.2, -0.15) is 4.55 Å². The van der Waals surface area contributed by atoms with Crippen molar-refractivity contribution in [2.45, 2.75) is 112 Å². The summed E-state index contributed by atoms with van der Waals surface area (Å²) in [5.41, 5.74) is -1.34. The highest BCUT2D eigenvalue weighted by molar-refractivity contribution is 7.94. The largest absolute Gasteiger partial charge is 0.354 e. The van der Waals surface area contributed by atoms with Crippen LogP contribution in [0.5, 0.6) is 0 Å². The second-order valence-corrected chi connectivity index (χ2v) is 18.0. The maximum Gasteiger partial charge on any atom is 0.315 e. The molecule has 0 bridgehead atoms. The molecule has 0 saturated carbocycles. The number of urea groups is 1. The first kappa shape index (κ1) is 43.1. The summed E-state index contributed by atoms with van der Waals surface area (Å²) in [6.45, 7) is 15.8. The lowest BCUT2D eigenvalue weighted by atomic mass is 9.84. The third-order valence-electron chi connectivity index (χ3n) is 9.22. The minimum absolute atomic E-state index is 0.0574. The number of likely N-dealkylation sites (N-methyl/N-ethyl adjacent to an activating group) is 1. The summed E-state index contributed by atoms with van der Waals surface area (Å²) >= 11 is 0. The molecule has 13 nitrogen and oxygen atoms in total. The normalized spacial score (nSPS) is 20.0. The Bertz CT molecular complexity index is 1330. The van der Waals surface area contributed by atoms with E-state index in [1.54, 1.807) is 20.8 Å². The molecular formula is C34H60F2N7O6S+. The predicted molar refractivity (Wildman–Crippen MR) is 190 cm³/mol. The Labute approximate surface area is 297 Å². The third-order valence-corrected chi connectivity index (χ3v) is 10.5. The van der Waals surface area contributed by atoms with E-state index < -0.39 is 82.0 Å². The van der Waals surface area contributed by atoms with E-state index in [2.05, 4.69) is 21.3 Å². The fourth-order valence-corrected chi connectivity index (χ4v) is 6.38. The van der Waals surface area contributed by atoms with Crippen LogP contribution in [-0.4, -0.2) is 106 Å². The standard InChI is InChI=1S/C34H59F2N7O6S/c1-22(2)23-14-19-43(27(23)30(45)38-24(20-26(35)36)29(44)37-15-13-18-42-16-11-12-17-42)31(46)28(34(6,7)8)40-32(47)39-25(33(3,4)5)21-41(9)50(10,48)49/h11-12,16-17,22-28H,13-15,18-21H2,1-10H3,(H4-,37,38,39,40,44,45,47,48,49)/p+1/t23?,24-,25+,27-,28+/m0/s1. The number of carbonyl (C=O) groups excluding carboxylic acids is 4. The van der Waals surface area contributed by atoms with Gasteiger partial charge < -0.3 is 30.7 Å². The van der Waals surface area contributed by atoms with Gasteiger partial charge in [0.2, 0.25) is 24.1 Å². The summed E-state index contributed by atoms with van der Waals surface area (Å²) in [5.74, 6) is -2.34. The monoisotopic (exact) mass is 732 g/mol. The van der Waals surface area contributed by atoms with Gasteiger partial charge in [-0.1, -0.05) is 59.7 Å². The number of aryl methyl sites for hydroxylation is 1. The molecule has 1 aromatic heterocycles. The Morgan fingerprint density at radius 3 is 2.10 bits per heavy atom. The summed E-state index contributed by atoms with van der Waals surface area (Å²) in [4.78, 5) is 56.1. The Morgan fingerprint density at radius 1 is 1.00 bits per heavy atom. The average Bonchev–Trinajstić information content (AvgIpc) is 3.66. The quantitative estimate of drug-likeness (QED) is 0.129. The highest BCUT2D eigenvalue weighted by Crippen LogP contribution is 2.33. The minimum Gasteiger partial charge on any atom is -0.354 e. The van der Waals surface area contributed by atoms with Gasteiger partial charge in [0.1, 0.15) is 18.1 Å². The van der Waals surface area contributed by atoms with Crippen molar-refractivity contribution in [3.63, 3.8) is 0 Å². The molecule has 286 valence electrons. The molecule has 0 spiro atoms. The van der Waals surface area contributed by atoms with E-state index in [0.717, 1.165) is 0 Å². The van der Waals surface area contributed by atoms with Crippen molar-refractivity contribution >= 4 is 34.2 Å². The van der Waals surface area contributed by atoms with Crippen molar-refractivity contribution in [1.82, 2.24) is 35.0 Å². The zero-order chi connectivity index (χ0) is 38.2. The number of carbonyl (C=O) groups is 4. The number of rotatable bonds is 16. The number of hydrogen-bond acceptors (Lipinski definition) is 5. The Balaban J connectivity index is 2.27. The second kappa shape index (κ2) is 17.9. The molecule has 2 heterocycles. The number of halogens is 2. The van der Waals surface area contributed by atoms with Crippen molar-refractivity contribution < 1.29 is 36.7 Å². The number of likely N-dealkylation sites (tertiary alicyclic amines) is 1. The summed E-state index contributed by atoms with van der Waals surface area (Å²) < 4.78 is 52.7. The summed E-state index contributed by atoms with van der Waals surface area (Å²) in [7, 11) is -1.80. The van der Waals surface area contributed by atoms with E-state index in [1.165, 1.54) is 22.5 Å². The first-order valence-electron chi connectivity index (χ1n) is 17.2. The fourth-order valence-electron chi connectivity index (χ4n) is 5.96. The average molecular weight is 733 g/mol. The van der Waals surface area contributed by atoms with Crippen molar-refractivity contribution in [2.24, 2.45) is 22.7 Å². The molecule has 5 amide bonds. The van der Waals surface area contributed by atoms with E-state index in [4.69, 9.17) is 0 Å². The molecule has 50 heavy (non-hydrogen) atoms. The molecular weight excluding hydrogens is 672 g/mol. The molecule has 0 aromatic carbocycles. The zero-order valence-corrected chi connectivity index (χ0v) is 32.1. The lowest BCUT2D eigenvalue weighted by Crippen LogP contribution is -2.62. The maximum atomic E-state index is 14.3. The highest BCUT2D eigenvalue weighted by atomic mass is 32.3. The smallest absolute Gasteiger partial charge is 0.315 e. The molecule has 0 radical (unpaired) electrons. The van der Waals surface area contributed by atoms with Crippen LogP contribution in [0.3, 0.4) is 0 Å². The first-order chi connectivity index (χ1) is 22.9. The number of aromatic nitrogens is 1. The van der Waals surface area contributed by atoms with Crippen molar-refractivity contribution in [3.8, 4) is 0 Å². The molecule has 6 atom stereocenters. The van der Waals surface area contributed by atoms with Crippen LogP contribution in [0.1, 0.15) is 74.7 Å². The predicted octanol–water partition coefficient (Wildman–Crippen LogP) is 3.59. The van der Waals surface area contributed by atoms with Crippen LogP contribution in [0.4, 0.5) is 13.6 Å². The van der Waals surface area contributed by atoms with Crippen molar-refractivity contribution in [1.29, 1.82) is 0 Å². The van der Waals surface area contributed by atoms with Crippen LogP contribution in [-0.2, 0) is 35.5 Å². The second-order valence-electron chi connectivity index (χ2n) is 15.8. The van der Waals surface area contributed by atoms with Gasteiger partial charge in [0.25, 0.3) is 10.4 Å². The van der Waals surface area contributed by atoms with Crippen molar-refractivity contribution in [2.75, 3.05) is 32.9 Å². The molecule has 1 saturated heterocycles. The zero-order valence-electron chi connectivity index (χ0n) is 31.3. The van der Waals surface area contributed by atoms with Gasteiger partial charge in [0, 0.05) is 45.5 Å². The van der Waals surface area contributed by atoms with Gasteiger partial charge in [-0.15, -0.1) is 0 Å². The molecule has 1 aromatic rings. The van der Waals surface area contributed by atoms with Crippen LogP contribution >= 0.6 is 0 Å².